The zero-order valence-electron chi connectivity index (χ0n) is 25.9. The van der Waals surface area contributed by atoms with Crippen molar-refractivity contribution in [3.8, 4) is 29.0 Å². The van der Waals surface area contributed by atoms with Gasteiger partial charge >= 0.3 is 12.3 Å². The van der Waals surface area contributed by atoms with Crippen LogP contribution in [0, 0.1) is 30.1 Å². The summed E-state index contributed by atoms with van der Waals surface area (Å²) in [5.41, 5.74) is 2.02. The molecule has 1 N–H and O–H groups in total. The number of piperazine rings is 1. The number of rotatable bonds is 6. The van der Waals surface area contributed by atoms with E-state index in [-0.39, 0.29) is 40.9 Å². The summed E-state index contributed by atoms with van der Waals surface area (Å²) in [5.74, 6) is 5.54. The molecule has 1 atom stereocenters. The quantitative estimate of drug-likeness (QED) is 0.231. The van der Waals surface area contributed by atoms with E-state index in [0.717, 1.165) is 0 Å². The van der Waals surface area contributed by atoms with Gasteiger partial charge in [-0.25, -0.2) is 14.8 Å². The molecule has 1 fully saturated rings. The topological polar surface area (TPSA) is 137 Å². The van der Waals surface area contributed by atoms with Gasteiger partial charge in [-0.15, -0.1) is 24.5 Å². The first kappa shape index (κ1) is 33.8. The van der Waals surface area contributed by atoms with Crippen LogP contribution >= 0.6 is 22.9 Å². The minimum atomic E-state index is -4.78. The van der Waals surface area contributed by atoms with E-state index in [4.69, 9.17) is 11.6 Å². The van der Waals surface area contributed by atoms with Crippen molar-refractivity contribution in [2.75, 3.05) is 38.2 Å². The molecule has 1 unspecified atom stereocenters. The molecule has 250 valence electrons. The largest absolute Gasteiger partial charge is 0.522 e. The monoisotopic (exact) mass is 707 g/mol. The van der Waals surface area contributed by atoms with Crippen molar-refractivity contribution in [3.05, 3.63) is 79.9 Å². The Morgan fingerprint density at radius 3 is 2.76 bits per heavy atom. The predicted molar refractivity (Wildman–Crippen MR) is 178 cm³/mol. The van der Waals surface area contributed by atoms with Gasteiger partial charge in [0.2, 0.25) is 0 Å². The third-order valence-electron chi connectivity index (χ3n) is 8.22. The van der Waals surface area contributed by atoms with Crippen LogP contribution in [0.3, 0.4) is 0 Å². The van der Waals surface area contributed by atoms with Crippen LogP contribution in [-0.4, -0.2) is 81.2 Å². The van der Waals surface area contributed by atoms with E-state index in [1.165, 1.54) is 33.7 Å². The predicted octanol–water partition coefficient (Wildman–Crippen LogP) is 5.31. The number of nitriles is 1. The number of benzene rings is 1. The van der Waals surface area contributed by atoms with Crippen molar-refractivity contribution in [1.82, 2.24) is 24.4 Å². The van der Waals surface area contributed by atoms with E-state index in [1.807, 2.05) is 0 Å². The van der Waals surface area contributed by atoms with Gasteiger partial charge < -0.3 is 10.0 Å². The van der Waals surface area contributed by atoms with Crippen LogP contribution in [0.2, 0.25) is 5.02 Å². The Kier molecular flexibility index (Phi) is 9.28. The van der Waals surface area contributed by atoms with Crippen molar-refractivity contribution in [3.63, 3.8) is 0 Å². The molecule has 0 radical (unpaired) electrons. The second-order valence-corrected chi connectivity index (χ2v) is 12.5. The van der Waals surface area contributed by atoms with Gasteiger partial charge in [0.05, 0.1) is 52.1 Å². The number of hydrogen-bond acceptors (Lipinski definition) is 10. The Morgan fingerprint density at radius 1 is 1.22 bits per heavy atom. The average Bonchev–Trinajstić information content (AvgIpc) is 3.50. The summed E-state index contributed by atoms with van der Waals surface area (Å²) in [7, 11) is 1.69. The maximum atomic E-state index is 13.9. The van der Waals surface area contributed by atoms with Crippen LogP contribution in [-0.2, 0) is 11.3 Å². The first-order chi connectivity index (χ1) is 23.4. The first-order valence-corrected chi connectivity index (χ1v) is 16.0. The molecule has 5 aromatic rings. The summed E-state index contributed by atoms with van der Waals surface area (Å²) < 4.78 is 44.3. The molecule has 5 heterocycles. The standard InChI is InChI=1S/C33H25ClF3N7O4S/c1-18-41-26-14-40-30(43-11-10-42(2)21(15-43)16-48-33(35,36)37)24(13-38)27(26)31(45)44(18)9-3-4-19-5-6-20(34)12-23(19)22-7-8-39-28-25(32(46)47)17-49-29(22)28/h5-8,12,14,17,21H,9-11,15-16H2,1-2H3,(H,46,47). The highest BCUT2D eigenvalue weighted by atomic mass is 35.5. The number of carboxylic acids is 1. The number of aromatic nitrogens is 4. The van der Waals surface area contributed by atoms with Crippen molar-refractivity contribution in [2.24, 2.45) is 0 Å². The molecule has 0 amide bonds. The van der Waals surface area contributed by atoms with Gasteiger partial charge in [0.25, 0.3) is 5.56 Å². The first-order valence-electron chi connectivity index (χ1n) is 14.7. The molecule has 49 heavy (non-hydrogen) atoms. The third-order valence-corrected chi connectivity index (χ3v) is 9.45. The van der Waals surface area contributed by atoms with Crippen LogP contribution in [0.15, 0.2) is 46.8 Å². The van der Waals surface area contributed by atoms with Crippen LogP contribution in [0.5, 0.6) is 0 Å². The Morgan fingerprint density at radius 2 is 2.02 bits per heavy atom. The fraction of sp³-hybridized carbons (Fsp3) is 0.273. The molecule has 1 aromatic carbocycles. The van der Waals surface area contributed by atoms with Crippen molar-refractivity contribution >= 4 is 55.8 Å². The van der Waals surface area contributed by atoms with Crippen LogP contribution in [0.1, 0.15) is 27.3 Å². The lowest BCUT2D eigenvalue weighted by atomic mass is 10.00. The number of thiophene rings is 1. The number of alkyl halides is 3. The number of aromatic carboxylic acids is 1. The maximum absolute atomic E-state index is 13.9. The number of nitrogens with zero attached hydrogens (tertiary/aromatic N) is 7. The summed E-state index contributed by atoms with van der Waals surface area (Å²) in [5, 5.41) is 21.8. The van der Waals surface area contributed by atoms with Gasteiger partial charge in [0.1, 0.15) is 23.3 Å². The highest BCUT2D eigenvalue weighted by Crippen LogP contribution is 2.36. The highest BCUT2D eigenvalue weighted by molar-refractivity contribution is 7.18. The van der Waals surface area contributed by atoms with E-state index in [2.05, 4.69) is 37.6 Å². The maximum Gasteiger partial charge on any atom is 0.522 e. The fourth-order valence-corrected chi connectivity index (χ4v) is 6.91. The number of carbonyl (C=O) groups is 1. The Balaban J connectivity index is 1.35. The lowest BCUT2D eigenvalue weighted by Crippen LogP contribution is -2.54. The van der Waals surface area contributed by atoms with E-state index >= 15 is 0 Å². The number of fused-ring (bicyclic) bond motifs is 2. The number of hydrogen-bond donors (Lipinski definition) is 1. The molecule has 1 aliphatic rings. The van der Waals surface area contributed by atoms with Gasteiger partial charge in [-0.05, 0) is 38.2 Å². The lowest BCUT2D eigenvalue weighted by Gasteiger charge is -2.40. The van der Waals surface area contributed by atoms with Crippen LogP contribution < -0.4 is 10.5 Å². The number of ether oxygens (including phenoxy) is 1. The lowest BCUT2D eigenvalue weighted by molar-refractivity contribution is -0.328. The number of pyridine rings is 2. The van der Waals surface area contributed by atoms with Crippen molar-refractivity contribution in [2.45, 2.75) is 25.9 Å². The van der Waals surface area contributed by atoms with Gasteiger partial charge in [0, 0.05) is 52.9 Å². The molecule has 11 nitrogen and oxygen atoms in total. The molecule has 0 aliphatic carbocycles. The minimum Gasteiger partial charge on any atom is -0.478 e. The average molecular weight is 708 g/mol. The molecule has 6 rings (SSSR count). The van der Waals surface area contributed by atoms with Gasteiger partial charge in [0.15, 0.2) is 0 Å². The molecular weight excluding hydrogens is 683 g/mol. The van der Waals surface area contributed by atoms with E-state index in [9.17, 15) is 33.1 Å². The fourth-order valence-electron chi connectivity index (χ4n) is 5.71. The minimum absolute atomic E-state index is 0.0280. The summed E-state index contributed by atoms with van der Waals surface area (Å²) in [6.45, 7) is 1.78. The molecule has 0 spiro atoms. The van der Waals surface area contributed by atoms with E-state index < -0.39 is 30.5 Å². The summed E-state index contributed by atoms with van der Waals surface area (Å²) >= 11 is 7.60. The zero-order chi connectivity index (χ0) is 35.0. The second-order valence-electron chi connectivity index (χ2n) is 11.2. The summed E-state index contributed by atoms with van der Waals surface area (Å²) in [6.07, 6.45) is -1.88. The molecule has 1 saturated heterocycles. The molecule has 0 saturated carbocycles. The van der Waals surface area contributed by atoms with Crippen molar-refractivity contribution < 1.29 is 27.8 Å². The number of aryl methyl sites for hydroxylation is 1. The molecule has 16 heteroatoms. The number of anilines is 1. The summed E-state index contributed by atoms with van der Waals surface area (Å²) in [4.78, 5) is 42.2. The molecular formula is C33H25ClF3N7O4S. The smallest absolute Gasteiger partial charge is 0.478 e. The molecule has 0 bridgehead atoms. The molecule has 1 aliphatic heterocycles. The molecule has 4 aromatic heterocycles. The SMILES string of the molecule is Cc1nc2cnc(N3CCN(C)C(COC(F)(F)F)C3)c(C#N)c2c(=O)n1CC#Cc1ccc(Cl)cc1-c1ccnc2c(C(=O)O)csc12. The summed E-state index contributed by atoms with van der Waals surface area (Å²) in [6, 6.07) is 8.31. The van der Waals surface area contributed by atoms with Gasteiger partial charge in [-0.1, -0.05) is 23.4 Å². The number of carboxylic acid groups (broad SMARTS) is 1. The van der Waals surface area contributed by atoms with E-state index in [0.29, 0.717) is 50.8 Å². The third kappa shape index (κ3) is 6.79. The Bertz CT molecular complexity index is 2290. The highest BCUT2D eigenvalue weighted by Gasteiger charge is 2.34. The number of likely N-dealkylation sites (N-methyl/N-ethyl adjacent to an activating group) is 1. The van der Waals surface area contributed by atoms with Crippen LogP contribution in [0.4, 0.5) is 19.0 Å². The van der Waals surface area contributed by atoms with Gasteiger partial charge in [-0.3, -0.25) is 24.0 Å². The van der Waals surface area contributed by atoms with Crippen LogP contribution in [0.25, 0.3) is 32.2 Å². The normalized spacial score (nSPS) is 15.3. The van der Waals surface area contributed by atoms with Gasteiger partial charge in [-0.2, -0.15) is 5.26 Å². The zero-order valence-corrected chi connectivity index (χ0v) is 27.4. The van der Waals surface area contributed by atoms with E-state index in [1.54, 1.807) is 48.0 Å². The Hall–Kier alpha value is -5.06. The number of halogens is 4. The Labute approximate surface area is 285 Å². The second kappa shape index (κ2) is 13.4. The van der Waals surface area contributed by atoms with Crippen molar-refractivity contribution in [1.29, 1.82) is 5.26 Å².